The molecule has 0 amide bonds. The monoisotopic (exact) mass is 316 g/mol. The maximum atomic E-state index is 5.62. The predicted molar refractivity (Wildman–Crippen MR) is 85.4 cm³/mol. The number of nitrogens with zero attached hydrogens (tertiary/aromatic N) is 2. The van der Waals surface area contributed by atoms with Gasteiger partial charge in [-0.05, 0) is 43.5 Å². The summed E-state index contributed by atoms with van der Waals surface area (Å²) in [6, 6.07) is 9.53. The van der Waals surface area contributed by atoms with Crippen molar-refractivity contribution in [2.24, 2.45) is 0 Å². The highest BCUT2D eigenvalue weighted by atomic mass is 32.1. The zero-order valence-electron chi connectivity index (χ0n) is 12.4. The molecule has 0 aliphatic rings. The van der Waals surface area contributed by atoms with Crippen LogP contribution in [0.4, 0.5) is 0 Å². The molecule has 3 rings (SSSR count). The van der Waals surface area contributed by atoms with Gasteiger partial charge in [0.05, 0.1) is 18.1 Å². The van der Waals surface area contributed by atoms with Gasteiger partial charge in [0.15, 0.2) is 11.5 Å². The van der Waals surface area contributed by atoms with Crippen LogP contribution in [0.2, 0.25) is 0 Å². The fraction of sp³-hybridized carbons (Fsp3) is 0.250. The number of ether oxygens (including phenoxy) is 2. The van der Waals surface area contributed by atoms with Crippen LogP contribution in [0.3, 0.4) is 0 Å². The predicted octanol–water partition coefficient (Wildman–Crippen LogP) is 4.26. The van der Waals surface area contributed by atoms with E-state index in [0.29, 0.717) is 36.4 Å². The normalized spacial score (nSPS) is 10.6. The van der Waals surface area contributed by atoms with Crippen LogP contribution in [0.5, 0.6) is 11.5 Å². The van der Waals surface area contributed by atoms with Gasteiger partial charge in [0.2, 0.25) is 5.82 Å². The van der Waals surface area contributed by atoms with Crippen molar-refractivity contribution in [3.63, 3.8) is 0 Å². The Morgan fingerprint density at radius 1 is 1.09 bits per heavy atom. The van der Waals surface area contributed by atoms with Gasteiger partial charge in [0, 0.05) is 5.56 Å². The summed E-state index contributed by atoms with van der Waals surface area (Å²) in [5, 5.41) is 6.00. The summed E-state index contributed by atoms with van der Waals surface area (Å²) < 4.78 is 16.5. The topological polar surface area (TPSA) is 57.4 Å². The molecule has 0 radical (unpaired) electrons. The first kappa shape index (κ1) is 14.6. The maximum Gasteiger partial charge on any atom is 0.258 e. The van der Waals surface area contributed by atoms with E-state index in [1.165, 1.54) is 0 Å². The summed E-state index contributed by atoms with van der Waals surface area (Å²) >= 11 is 1.58. The molecular formula is C16H16N2O3S. The standard InChI is InChI=1S/C16H16N2O3S/c1-3-19-12-8-7-11(10-13(12)20-4-2)16-17-15(18-21-16)14-6-5-9-22-14/h5-10H,3-4H2,1-2H3. The Morgan fingerprint density at radius 2 is 1.91 bits per heavy atom. The third-order valence-electron chi connectivity index (χ3n) is 2.96. The molecule has 0 unspecified atom stereocenters. The highest BCUT2D eigenvalue weighted by molar-refractivity contribution is 7.13. The SMILES string of the molecule is CCOc1ccc(-c2nc(-c3cccs3)no2)cc1OCC. The van der Waals surface area contributed by atoms with Crippen LogP contribution >= 0.6 is 11.3 Å². The summed E-state index contributed by atoms with van der Waals surface area (Å²) in [7, 11) is 0. The zero-order chi connectivity index (χ0) is 15.4. The van der Waals surface area contributed by atoms with Gasteiger partial charge in [-0.25, -0.2) is 0 Å². The number of aromatic nitrogens is 2. The molecule has 0 N–H and O–H groups in total. The second-order valence-electron chi connectivity index (χ2n) is 4.43. The summed E-state index contributed by atoms with van der Waals surface area (Å²) in [5.41, 5.74) is 0.808. The van der Waals surface area contributed by atoms with E-state index in [9.17, 15) is 0 Å². The van der Waals surface area contributed by atoms with Gasteiger partial charge in [-0.1, -0.05) is 11.2 Å². The van der Waals surface area contributed by atoms with E-state index in [1.807, 2.05) is 49.6 Å². The third kappa shape index (κ3) is 2.96. The second-order valence-corrected chi connectivity index (χ2v) is 5.38. The van der Waals surface area contributed by atoms with Crippen molar-refractivity contribution in [2.75, 3.05) is 13.2 Å². The Kier molecular flexibility index (Phi) is 4.39. The molecule has 0 aliphatic heterocycles. The van der Waals surface area contributed by atoms with Crippen LogP contribution in [0.1, 0.15) is 13.8 Å². The Balaban J connectivity index is 1.93. The van der Waals surface area contributed by atoms with Crippen molar-refractivity contribution in [1.82, 2.24) is 10.1 Å². The molecular weight excluding hydrogens is 300 g/mol. The first-order valence-corrected chi connectivity index (χ1v) is 7.97. The lowest BCUT2D eigenvalue weighted by Gasteiger charge is -2.11. The quantitative estimate of drug-likeness (QED) is 0.680. The Morgan fingerprint density at radius 3 is 2.64 bits per heavy atom. The molecule has 2 aromatic heterocycles. The van der Waals surface area contributed by atoms with E-state index in [1.54, 1.807) is 11.3 Å². The lowest BCUT2D eigenvalue weighted by atomic mass is 10.2. The van der Waals surface area contributed by atoms with Gasteiger partial charge in [0.25, 0.3) is 5.89 Å². The fourth-order valence-electron chi connectivity index (χ4n) is 2.03. The molecule has 0 fully saturated rings. The van der Waals surface area contributed by atoms with Gasteiger partial charge in [-0.3, -0.25) is 0 Å². The van der Waals surface area contributed by atoms with E-state index in [2.05, 4.69) is 10.1 Å². The van der Waals surface area contributed by atoms with E-state index in [-0.39, 0.29) is 0 Å². The van der Waals surface area contributed by atoms with E-state index in [0.717, 1.165) is 10.4 Å². The van der Waals surface area contributed by atoms with Crippen LogP contribution in [0.15, 0.2) is 40.2 Å². The average Bonchev–Trinajstić information content (AvgIpc) is 3.20. The first-order chi connectivity index (χ1) is 10.8. The minimum atomic E-state index is 0.465. The summed E-state index contributed by atoms with van der Waals surface area (Å²) in [6.07, 6.45) is 0. The fourth-order valence-corrected chi connectivity index (χ4v) is 2.68. The molecule has 3 aromatic rings. The van der Waals surface area contributed by atoms with Crippen LogP contribution in [0, 0.1) is 0 Å². The molecule has 0 bridgehead atoms. The second kappa shape index (κ2) is 6.62. The smallest absolute Gasteiger partial charge is 0.258 e. The van der Waals surface area contributed by atoms with Crippen molar-refractivity contribution in [1.29, 1.82) is 0 Å². The van der Waals surface area contributed by atoms with Crippen molar-refractivity contribution in [2.45, 2.75) is 13.8 Å². The Bertz CT molecular complexity index is 738. The number of benzene rings is 1. The summed E-state index contributed by atoms with van der Waals surface area (Å²) in [5.74, 6) is 2.45. The number of rotatable bonds is 6. The summed E-state index contributed by atoms with van der Waals surface area (Å²) in [4.78, 5) is 5.41. The molecule has 0 atom stereocenters. The molecule has 1 aromatic carbocycles. The van der Waals surface area contributed by atoms with Gasteiger partial charge in [-0.2, -0.15) is 4.98 Å². The van der Waals surface area contributed by atoms with Crippen molar-refractivity contribution >= 4 is 11.3 Å². The van der Waals surface area contributed by atoms with Crippen LogP contribution < -0.4 is 9.47 Å². The highest BCUT2D eigenvalue weighted by Gasteiger charge is 2.14. The van der Waals surface area contributed by atoms with Gasteiger partial charge >= 0.3 is 0 Å². The van der Waals surface area contributed by atoms with Crippen LogP contribution in [0.25, 0.3) is 22.2 Å². The Labute approximate surface area is 132 Å². The van der Waals surface area contributed by atoms with E-state index in [4.69, 9.17) is 14.0 Å². The van der Waals surface area contributed by atoms with Crippen molar-refractivity contribution < 1.29 is 14.0 Å². The molecule has 5 nitrogen and oxygen atoms in total. The van der Waals surface area contributed by atoms with Gasteiger partial charge < -0.3 is 14.0 Å². The zero-order valence-corrected chi connectivity index (χ0v) is 13.2. The first-order valence-electron chi connectivity index (χ1n) is 7.09. The molecule has 114 valence electrons. The maximum absolute atomic E-state index is 5.62. The number of hydrogen-bond donors (Lipinski definition) is 0. The third-order valence-corrected chi connectivity index (χ3v) is 3.82. The molecule has 0 saturated heterocycles. The lowest BCUT2D eigenvalue weighted by Crippen LogP contribution is -1.98. The summed E-state index contributed by atoms with van der Waals surface area (Å²) in [6.45, 7) is 5.02. The molecule has 22 heavy (non-hydrogen) atoms. The van der Waals surface area contributed by atoms with E-state index < -0.39 is 0 Å². The number of thiophene rings is 1. The van der Waals surface area contributed by atoms with E-state index >= 15 is 0 Å². The lowest BCUT2D eigenvalue weighted by molar-refractivity contribution is 0.288. The number of hydrogen-bond acceptors (Lipinski definition) is 6. The van der Waals surface area contributed by atoms with Gasteiger partial charge in [-0.15, -0.1) is 11.3 Å². The van der Waals surface area contributed by atoms with Gasteiger partial charge in [0.1, 0.15) is 0 Å². The van der Waals surface area contributed by atoms with Crippen LogP contribution in [-0.4, -0.2) is 23.4 Å². The highest BCUT2D eigenvalue weighted by Crippen LogP contribution is 2.33. The minimum Gasteiger partial charge on any atom is -0.490 e. The van der Waals surface area contributed by atoms with Crippen molar-refractivity contribution in [3.8, 4) is 33.7 Å². The van der Waals surface area contributed by atoms with Crippen LogP contribution in [-0.2, 0) is 0 Å². The molecule has 2 heterocycles. The average molecular weight is 316 g/mol. The molecule has 0 saturated carbocycles. The van der Waals surface area contributed by atoms with Crippen molar-refractivity contribution in [3.05, 3.63) is 35.7 Å². The minimum absolute atomic E-state index is 0.465. The molecule has 0 spiro atoms. The largest absolute Gasteiger partial charge is 0.490 e. The molecule has 0 aliphatic carbocycles. The molecule has 6 heteroatoms. The Hall–Kier alpha value is -2.34.